The molecule has 2 heterocycles. The van der Waals surface area contributed by atoms with E-state index in [1.807, 2.05) is 37.4 Å². The first-order chi connectivity index (χ1) is 13.5. The van der Waals surface area contributed by atoms with Crippen molar-refractivity contribution in [3.05, 3.63) is 58.9 Å². The van der Waals surface area contributed by atoms with Crippen molar-refractivity contribution in [2.45, 2.75) is 25.4 Å². The summed E-state index contributed by atoms with van der Waals surface area (Å²) in [6.07, 6.45) is 2.08. The van der Waals surface area contributed by atoms with Gasteiger partial charge in [-0.1, -0.05) is 11.6 Å². The van der Waals surface area contributed by atoms with Crippen molar-refractivity contribution < 1.29 is 9.90 Å². The molecule has 0 saturated carbocycles. The summed E-state index contributed by atoms with van der Waals surface area (Å²) in [5.41, 5.74) is 3.41. The molecule has 3 aromatic rings. The van der Waals surface area contributed by atoms with Crippen LogP contribution in [0, 0.1) is 0 Å². The summed E-state index contributed by atoms with van der Waals surface area (Å²) in [6.45, 7) is 2.62. The van der Waals surface area contributed by atoms with E-state index in [2.05, 4.69) is 14.8 Å². The van der Waals surface area contributed by atoms with Crippen molar-refractivity contribution in [1.82, 2.24) is 14.9 Å². The number of anilines is 1. The van der Waals surface area contributed by atoms with E-state index in [0.717, 1.165) is 60.0 Å². The molecule has 7 heteroatoms. The Balaban J connectivity index is 1.33. The molecule has 1 aliphatic rings. The fourth-order valence-corrected chi connectivity index (χ4v) is 3.93. The zero-order valence-corrected chi connectivity index (χ0v) is 16.5. The molecule has 1 aliphatic heterocycles. The van der Waals surface area contributed by atoms with Crippen LogP contribution in [0.15, 0.2) is 42.5 Å². The molecule has 28 heavy (non-hydrogen) atoms. The number of imidazole rings is 1. The molecule has 1 fully saturated rings. The Hall–Kier alpha value is -2.57. The van der Waals surface area contributed by atoms with Crippen LogP contribution in [-0.2, 0) is 13.6 Å². The van der Waals surface area contributed by atoms with Gasteiger partial charge in [0.1, 0.15) is 5.82 Å². The van der Waals surface area contributed by atoms with E-state index in [1.54, 1.807) is 12.1 Å². The first-order valence-corrected chi connectivity index (χ1v) is 9.81. The molecule has 1 aromatic heterocycles. The maximum Gasteiger partial charge on any atom is 0.335 e. The maximum atomic E-state index is 11.0. The summed E-state index contributed by atoms with van der Waals surface area (Å²) in [6, 6.07) is 13.3. The number of rotatable bonds is 5. The Morgan fingerprint density at radius 2 is 1.93 bits per heavy atom. The number of aryl methyl sites for hydroxylation is 1. The molecule has 0 aliphatic carbocycles. The number of hydrogen-bond acceptors (Lipinski definition) is 4. The van der Waals surface area contributed by atoms with Crippen LogP contribution in [0.2, 0.25) is 5.02 Å². The predicted octanol–water partition coefficient (Wildman–Crippen LogP) is 3.68. The molecule has 2 N–H and O–H groups in total. The van der Waals surface area contributed by atoms with Gasteiger partial charge in [0.2, 0.25) is 0 Å². The van der Waals surface area contributed by atoms with Gasteiger partial charge in [-0.3, -0.25) is 0 Å². The van der Waals surface area contributed by atoms with Gasteiger partial charge in [0.25, 0.3) is 0 Å². The molecule has 0 atom stereocenters. The first kappa shape index (κ1) is 18.8. The number of carboxylic acids is 1. The quantitative estimate of drug-likeness (QED) is 0.686. The van der Waals surface area contributed by atoms with E-state index in [1.165, 1.54) is 0 Å². The molecule has 146 valence electrons. The lowest BCUT2D eigenvalue weighted by atomic mass is 10.0. The molecular weight excluding hydrogens is 376 g/mol. The molecule has 4 rings (SSSR count). The molecule has 0 radical (unpaired) electrons. The second kappa shape index (κ2) is 7.81. The van der Waals surface area contributed by atoms with Crippen LogP contribution in [-0.4, -0.2) is 39.8 Å². The van der Waals surface area contributed by atoms with Crippen molar-refractivity contribution >= 4 is 34.3 Å². The van der Waals surface area contributed by atoms with Crippen LogP contribution in [0.5, 0.6) is 0 Å². The average molecular weight is 399 g/mol. The summed E-state index contributed by atoms with van der Waals surface area (Å²) >= 11 is 6.10. The summed E-state index contributed by atoms with van der Waals surface area (Å²) in [5, 5.41) is 13.4. The third-order valence-electron chi connectivity index (χ3n) is 5.46. The van der Waals surface area contributed by atoms with Crippen LogP contribution in [0.3, 0.4) is 0 Å². The highest BCUT2D eigenvalue weighted by Crippen LogP contribution is 2.22. The zero-order valence-electron chi connectivity index (χ0n) is 15.7. The van der Waals surface area contributed by atoms with E-state index in [4.69, 9.17) is 21.7 Å². The van der Waals surface area contributed by atoms with Crippen molar-refractivity contribution in [2.75, 3.05) is 18.0 Å². The van der Waals surface area contributed by atoms with Gasteiger partial charge in [0.05, 0.1) is 23.1 Å². The summed E-state index contributed by atoms with van der Waals surface area (Å²) in [4.78, 5) is 18.0. The SMILES string of the molecule is Cn1c(CNC2CCN(c3ccc(C(=O)O)cc3)CC2)nc2ccc(Cl)cc21. The molecule has 2 aromatic carbocycles. The van der Waals surface area contributed by atoms with Crippen LogP contribution in [0.25, 0.3) is 11.0 Å². The molecule has 0 amide bonds. The van der Waals surface area contributed by atoms with E-state index in [0.29, 0.717) is 11.6 Å². The predicted molar refractivity (Wildman–Crippen MR) is 111 cm³/mol. The number of nitrogens with one attached hydrogen (secondary N) is 1. The minimum absolute atomic E-state index is 0.323. The Kier molecular flexibility index (Phi) is 5.24. The number of fused-ring (bicyclic) bond motifs is 1. The number of hydrogen-bond donors (Lipinski definition) is 2. The van der Waals surface area contributed by atoms with Crippen molar-refractivity contribution in [3.63, 3.8) is 0 Å². The highest BCUT2D eigenvalue weighted by atomic mass is 35.5. The average Bonchev–Trinajstić information content (AvgIpc) is 3.02. The molecular formula is C21H23ClN4O2. The molecule has 1 saturated heterocycles. The standard InChI is InChI=1S/C21H23ClN4O2/c1-25-19-12-15(22)4-7-18(19)24-20(25)13-23-16-8-10-26(11-9-16)17-5-2-14(3-6-17)21(27)28/h2-7,12,16,23H,8-11,13H2,1H3,(H,27,28). The number of piperidine rings is 1. The van der Waals surface area contributed by atoms with Crippen LogP contribution < -0.4 is 10.2 Å². The summed E-state index contributed by atoms with van der Waals surface area (Å²) in [5.74, 6) is 0.114. The number of nitrogens with zero attached hydrogens (tertiary/aromatic N) is 3. The van der Waals surface area contributed by atoms with Gasteiger partial charge < -0.3 is 19.9 Å². The lowest BCUT2D eigenvalue weighted by Gasteiger charge is -2.34. The lowest BCUT2D eigenvalue weighted by molar-refractivity contribution is 0.0697. The smallest absolute Gasteiger partial charge is 0.335 e. The van der Waals surface area contributed by atoms with Gasteiger partial charge in [-0.05, 0) is 55.3 Å². The largest absolute Gasteiger partial charge is 0.478 e. The third kappa shape index (κ3) is 3.84. The van der Waals surface area contributed by atoms with Crippen molar-refractivity contribution in [3.8, 4) is 0 Å². The number of carboxylic acid groups (broad SMARTS) is 1. The molecule has 0 unspecified atom stereocenters. The fourth-order valence-electron chi connectivity index (χ4n) is 3.76. The van der Waals surface area contributed by atoms with Crippen LogP contribution in [0.1, 0.15) is 29.0 Å². The van der Waals surface area contributed by atoms with Crippen LogP contribution >= 0.6 is 11.6 Å². The number of carbonyl (C=O) groups is 1. The van der Waals surface area contributed by atoms with Gasteiger partial charge in [-0.25, -0.2) is 9.78 Å². The van der Waals surface area contributed by atoms with Crippen LogP contribution in [0.4, 0.5) is 5.69 Å². The Morgan fingerprint density at radius 1 is 1.21 bits per heavy atom. The highest BCUT2D eigenvalue weighted by Gasteiger charge is 2.20. The second-order valence-corrected chi connectivity index (χ2v) is 7.65. The Morgan fingerprint density at radius 3 is 2.61 bits per heavy atom. The number of aromatic nitrogens is 2. The number of aromatic carboxylic acids is 1. The van der Waals surface area contributed by atoms with Gasteiger partial charge in [-0.15, -0.1) is 0 Å². The van der Waals surface area contributed by atoms with Gasteiger partial charge >= 0.3 is 5.97 Å². The van der Waals surface area contributed by atoms with Gasteiger partial charge in [0, 0.05) is 36.9 Å². The van der Waals surface area contributed by atoms with Crippen molar-refractivity contribution in [2.24, 2.45) is 7.05 Å². The van der Waals surface area contributed by atoms with Gasteiger partial charge in [0.15, 0.2) is 0 Å². The zero-order chi connectivity index (χ0) is 19.7. The molecule has 0 spiro atoms. The van der Waals surface area contributed by atoms with E-state index < -0.39 is 5.97 Å². The number of halogens is 1. The number of benzene rings is 2. The normalized spacial score (nSPS) is 15.3. The van der Waals surface area contributed by atoms with Crippen molar-refractivity contribution in [1.29, 1.82) is 0 Å². The van der Waals surface area contributed by atoms with E-state index in [9.17, 15) is 4.79 Å². The van der Waals surface area contributed by atoms with E-state index in [-0.39, 0.29) is 0 Å². The Labute approximate surface area is 168 Å². The minimum Gasteiger partial charge on any atom is -0.478 e. The monoisotopic (exact) mass is 398 g/mol. The third-order valence-corrected chi connectivity index (χ3v) is 5.69. The highest BCUT2D eigenvalue weighted by molar-refractivity contribution is 6.31. The Bertz CT molecular complexity index is 992. The summed E-state index contributed by atoms with van der Waals surface area (Å²) in [7, 11) is 2.02. The maximum absolute atomic E-state index is 11.0. The fraction of sp³-hybridized carbons (Fsp3) is 0.333. The first-order valence-electron chi connectivity index (χ1n) is 9.44. The summed E-state index contributed by atoms with van der Waals surface area (Å²) < 4.78 is 2.09. The lowest BCUT2D eigenvalue weighted by Crippen LogP contribution is -2.42. The minimum atomic E-state index is -0.890. The van der Waals surface area contributed by atoms with Gasteiger partial charge in [-0.2, -0.15) is 0 Å². The van der Waals surface area contributed by atoms with E-state index >= 15 is 0 Å². The molecule has 0 bridgehead atoms. The molecule has 6 nitrogen and oxygen atoms in total. The second-order valence-electron chi connectivity index (χ2n) is 7.21. The topological polar surface area (TPSA) is 70.4 Å².